The molecule has 0 radical (unpaired) electrons. The SMILES string of the molecule is CNC(c1ccc(C)c(Br)c1)c1cc(C)ccc1C. The summed E-state index contributed by atoms with van der Waals surface area (Å²) in [6.45, 7) is 6.42. The number of rotatable bonds is 3. The van der Waals surface area contributed by atoms with E-state index in [1.54, 1.807) is 0 Å². The summed E-state index contributed by atoms with van der Waals surface area (Å²) in [7, 11) is 2.01. The molecule has 0 aromatic heterocycles. The van der Waals surface area contributed by atoms with E-state index >= 15 is 0 Å². The van der Waals surface area contributed by atoms with E-state index in [0.29, 0.717) is 0 Å². The zero-order valence-electron chi connectivity index (χ0n) is 11.9. The molecular formula is C17H20BrN. The van der Waals surface area contributed by atoms with Gasteiger partial charge in [0.1, 0.15) is 0 Å². The van der Waals surface area contributed by atoms with Crippen molar-refractivity contribution in [2.75, 3.05) is 7.05 Å². The first-order valence-electron chi connectivity index (χ1n) is 6.53. The summed E-state index contributed by atoms with van der Waals surface area (Å²) in [5.74, 6) is 0. The van der Waals surface area contributed by atoms with Crippen LogP contribution in [-0.2, 0) is 0 Å². The summed E-state index contributed by atoms with van der Waals surface area (Å²) in [5, 5.41) is 3.43. The Hall–Kier alpha value is -1.12. The molecule has 2 rings (SSSR count). The lowest BCUT2D eigenvalue weighted by Gasteiger charge is -2.20. The summed E-state index contributed by atoms with van der Waals surface area (Å²) in [4.78, 5) is 0. The van der Waals surface area contributed by atoms with Crippen molar-refractivity contribution in [1.29, 1.82) is 0 Å². The second-order valence-corrected chi connectivity index (χ2v) is 5.94. The minimum Gasteiger partial charge on any atom is -0.309 e. The monoisotopic (exact) mass is 317 g/mol. The highest BCUT2D eigenvalue weighted by Gasteiger charge is 2.15. The largest absolute Gasteiger partial charge is 0.309 e. The molecule has 0 aliphatic carbocycles. The van der Waals surface area contributed by atoms with Crippen molar-refractivity contribution in [3.63, 3.8) is 0 Å². The fourth-order valence-corrected chi connectivity index (χ4v) is 2.76. The van der Waals surface area contributed by atoms with Crippen LogP contribution in [0.1, 0.15) is 33.9 Å². The van der Waals surface area contributed by atoms with Gasteiger partial charge in [0.05, 0.1) is 6.04 Å². The van der Waals surface area contributed by atoms with Crippen molar-refractivity contribution in [2.24, 2.45) is 0 Å². The zero-order valence-corrected chi connectivity index (χ0v) is 13.5. The van der Waals surface area contributed by atoms with Gasteiger partial charge in [-0.25, -0.2) is 0 Å². The molecule has 100 valence electrons. The second kappa shape index (κ2) is 5.89. The Labute approximate surface area is 124 Å². The molecule has 0 bridgehead atoms. The third kappa shape index (κ3) is 3.07. The topological polar surface area (TPSA) is 12.0 Å². The number of aryl methyl sites for hydroxylation is 3. The summed E-state index contributed by atoms with van der Waals surface area (Å²) in [6, 6.07) is 13.4. The maximum atomic E-state index is 3.62. The second-order valence-electron chi connectivity index (χ2n) is 5.09. The Bertz CT molecular complexity index is 590. The predicted octanol–water partition coefficient (Wildman–Crippen LogP) is 4.68. The molecule has 2 heteroatoms. The number of halogens is 1. The van der Waals surface area contributed by atoms with E-state index in [9.17, 15) is 0 Å². The van der Waals surface area contributed by atoms with E-state index in [2.05, 4.69) is 78.4 Å². The normalized spacial score (nSPS) is 12.5. The summed E-state index contributed by atoms with van der Waals surface area (Å²) in [5.41, 5.74) is 6.51. The van der Waals surface area contributed by atoms with Gasteiger partial charge in [0.2, 0.25) is 0 Å². The van der Waals surface area contributed by atoms with Crippen molar-refractivity contribution in [2.45, 2.75) is 26.8 Å². The first-order chi connectivity index (χ1) is 9.02. The Morgan fingerprint density at radius 3 is 2.26 bits per heavy atom. The Balaban J connectivity index is 2.49. The van der Waals surface area contributed by atoms with Crippen molar-refractivity contribution in [3.8, 4) is 0 Å². The van der Waals surface area contributed by atoms with Crippen molar-refractivity contribution >= 4 is 15.9 Å². The van der Waals surface area contributed by atoms with Gasteiger partial charge in [0.15, 0.2) is 0 Å². The average Bonchev–Trinajstić information content (AvgIpc) is 2.38. The van der Waals surface area contributed by atoms with Gasteiger partial charge in [-0.2, -0.15) is 0 Å². The molecule has 0 aliphatic rings. The van der Waals surface area contributed by atoms with E-state index in [-0.39, 0.29) is 6.04 Å². The van der Waals surface area contributed by atoms with Crippen LogP contribution < -0.4 is 5.32 Å². The molecule has 0 aliphatic heterocycles. The third-order valence-electron chi connectivity index (χ3n) is 3.56. The molecule has 1 unspecified atom stereocenters. The molecule has 1 atom stereocenters. The molecule has 1 N–H and O–H groups in total. The molecular weight excluding hydrogens is 298 g/mol. The maximum Gasteiger partial charge on any atom is 0.0577 e. The van der Waals surface area contributed by atoms with Crippen LogP contribution in [0, 0.1) is 20.8 Å². The van der Waals surface area contributed by atoms with E-state index in [4.69, 9.17) is 0 Å². The number of hydrogen-bond acceptors (Lipinski definition) is 1. The van der Waals surface area contributed by atoms with Gasteiger partial charge in [-0.05, 0) is 56.1 Å². The Morgan fingerprint density at radius 1 is 0.947 bits per heavy atom. The Kier molecular flexibility index (Phi) is 4.43. The molecule has 0 heterocycles. The first kappa shape index (κ1) is 14.3. The number of benzene rings is 2. The molecule has 0 amide bonds. The quantitative estimate of drug-likeness (QED) is 0.866. The standard InChI is InChI=1S/C17H20BrN/c1-11-5-6-12(2)15(9-11)17(19-4)14-8-7-13(3)16(18)10-14/h5-10,17,19H,1-4H3. The molecule has 2 aromatic rings. The molecule has 0 saturated heterocycles. The van der Waals surface area contributed by atoms with Gasteiger partial charge in [-0.1, -0.05) is 51.8 Å². The van der Waals surface area contributed by atoms with Crippen LogP contribution in [-0.4, -0.2) is 7.05 Å². The van der Waals surface area contributed by atoms with Crippen LogP contribution in [0.2, 0.25) is 0 Å². The average molecular weight is 318 g/mol. The van der Waals surface area contributed by atoms with Crippen molar-refractivity contribution < 1.29 is 0 Å². The summed E-state index contributed by atoms with van der Waals surface area (Å²) in [6.07, 6.45) is 0. The van der Waals surface area contributed by atoms with E-state index in [1.165, 1.54) is 27.8 Å². The van der Waals surface area contributed by atoms with Crippen molar-refractivity contribution in [1.82, 2.24) is 5.32 Å². The number of hydrogen-bond donors (Lipinski definition) is 1. The number of nitrogens with one attached hydrogen (secondary N) is 1. The lowest BCUT2D eigenvalue weighted by Crippen LogP contribution is -2.19. The zero-order chi connectivity index (χ0) is 14.0. The van der Waals surface area contributed by atoms with Gasteiger partial charge < -0.3 is 5.32 Å². The molecule has 0 saturated carbocycles. The molecule has 1 nitrogen and oxygen atoms in total. The van der Waals surface area contributed by atoms with Gasteiger partial charge in [-0.15, -0.1) is 0 Å². The Morgan fingerprint density at radius 2 is 1.63 bits per heavy atom. The summed E-state index contributed by atoms with van der Waals surface area (Å²) < 4.78 is 1.16. The van der Waals surface area contributed by atoms with Gasteiger partial charge in [-0.3, -0.25) is 0 Å². The molecule has 2 aromatic carbocycles. The van der Waals surface area contributed by atoms with Crippen LogP contribution in [0.25, 0.3) is 0 Å². The van der Waals surface area contributed by atoms with Gasteiger partial charge in [0.25, 0.3) is 0 Å². The minimum atomic E-state index is 0.233. The van der Waals surface area contributed by atoms with Crippen LogP contribution >= 0.6 is 15.9 Å². The minimum absolute atomic E-state index is 0.233. The third-order valence-corrected chi connectivity index (χ3v) is 4.42. The highest BCUT2D eigenvalue weighted by atomic mass is 79.9. The smallest absolute Gasteiger partial charge is 0.0577 e. The lowest BCUT2D eigenvalue weighted by molar-refractivity contribution is 0.686. The fraction of sp³-hybridized carbons (Fsp3) is 0.294. The van der Waals surface area contributed by atoms with Gasteiger partial charge >= 0.3 is 0 Å². The van der Waals surface area contributed by atoms with Crippen LogP contribution in [0.5, 0.6) is 0 Å². The van der Waals surface area contributed by atoms with Gasteiger partial charge in [0, 0.05) is 4.47 Å². The van der Waals surface area contributed by atoms with E-state index in [1.807, 2.05) is 7.05 Å². The van der Waals surface area contributed by atoms with Crippen molar-refractivity contribution in [3.05, 3.63) is 68.7 Å². The lowest BCUT2D eigenvalue weighted by atomic mass is 9.93. The molecule has 0 spiro atoms. The highest BCUT2D eigenvalue weighted by Crippen LogP contribution is 2.28. The molecule has 0 fully saturated rings. The van der Waals surface area contributed by atoms with E-state index < -0.39 is 0 Å². The van der Waals surface area contributed by atoms with Crippen LogP contribution in [0.15, 0.2) is 40.9 Å². The van der Waals surface area contributed by atoms with Crippen LogP contribution in [0.4, 0.5) is 0 Å². The first-order valence-corrected chi connectivity index (χ1v) is 7.32. The highest BCUT2D eigenvalue weighted by molar-refractivity contribution is 9.10. The maximum absolute atomic E-state index is 3.62. The van der Waals surface area contributed by atoms with E-state index in [0.717, 1.165) is 4.47 Å². The van der Waals surface area contributed by atoms with Crippen LogP contribution in [0.3, 0.4) is 0 Å². The predicted molar refractivity (Wildman–Crippen MR) is 85.7 cm³/mol. The molecule has 19 heavy (non-hydrogen) atoms. The fourth-order valence-electron chi connectivity index (χ4n) is 2.36. The summed E-state index contributed by atoms with van der Waals surface area (Å²) >= 11 is 3.62.